The van der Waals surface area contributed by atoms with E-state index >= 15 is 0 Å². The standard InChI is InChI=1S/C14H13BrClN3O/c1-14(2,9-3-5-10(15)6-4-9)19-13(20)11-7-18-12(16)8-17-11/h3-8H,1-2H3,(H,19,20). The molecular weight excluding hydrogens is 342 g/mol. The number of amides is 1. The predicted molar refractivity (Wildman–Crippen MR) is 81.7 cm³/mol. The van der Waals surface area contributed by atoms with Crippen LogP contribution in [-0.2, 0) is 5.54 Å². The Morgan fingerprint density at radius 1 is 1.20 bits per heavy atom. The van der Waals surface area contributed by atoms with Gasteiger partial charge in [0, 0.05) is 4.47 Å². The zero-order valence-corrected chi connectivity index (χ0v) is 13.4. The second kappa shape index (κ2) is 5.89. The first-order valence-electron chi connectivity index (χ1n) is 5.94. The quantitative estimate of drug-likeness (QED) is 0.917. The van der Waals surface area contributed by atoms with Crippen molar-refractivity contribution in [2.75, 3.05) is 0 Å². The van der Waals surface area contributed by atoms with E-state index in [2.05, 4.69) is 31.2 Å². The van der Waals surface area contributed by atoms with Crippen LogP contribution in [0.2, 0.25) is 5.15 Å². The largest absolute Gasteiger partial charge is 0.342 e. The van der Waals surface area contributed by atoms with Crippen molar-refractivity contribution in [3.05, 3.63) is 57.5 Å². The van der Waals surface area contributed by atoms with Crippen LogP contribution in [0.25, 0.3) is 0 Å². The van der Waals surface area contributed by atoms with Crippen molar-refractivity contribution in [2.45, 2.75) is 19.4 Å². The van der Waals surface area contributed by atoms with E-state index in [0.29, 0.717) is 0 Å². The van der Waals surface area contributed by atoms with Crippen LogP contribution >= 0.6 is 27.5 Å². The van der Waals surface area contributed by atoms with Crippen LogP contribution in [-0.4, -0.2) is 15.9 Å². The molecule has 0 spiro atoms. The fourth-order valence-electron chi connectivity index (χ4n) is 1.72. The minimum atomic E-state index is -0.515. The van der Waals surface area contributed by atoms with Gasteiger partial charge in [-0.2, -0.15) is 0 Å². The minimum Gasteiger partial charge on any atom is -0.342 e. The third kappa shape index (κ3) is 3.55. The van der Waals surface area contributed by atoms with Gasteiger partial charge in [-0.25, -0.2) is 9.97 Å². The average molecular weight is 355 g/mol. The second-order valence-corrected chi connectivity index (χ2v) is 6.11. The molecule has 0 aliphatic heterocycles. The fourth-order valence-corrected chi connectivity index (χ4v) is 2.08. The van der Waals surface area contributed by atoms with E-state index in [4.69, 9.17) is 11.6 Å². The highest BCUT2D eigenvalue weighted by atomic mass is 79.9. The van der Waals surface area contributed by atoms with Crippen molar-refractivity contribution in [1.29, 1.82) is 0 Å². The highest BCUT2D eigenvalue weighted by Gasteiger charge is 2.24. The van der Waals surface area contributed by atoms with Crippen LogP contribution in [0.4, 0.5) is 0 Å². The molecule has 4 nitrogen and oxygen atoms in total. The average Bonchev–Trinajstić information content (AvgIpc) is 2.39. The molecule has 0 saturated carbocycles. The van der Waals surface area contributed by atoms with E-state index in [1.165, 1.54) is 12.4 Å². The maximum absolute atomic E-state index is 12.1. The summed E-state index contributed by atoms with van der Waals surface area (Å²) in [4.78, 5) is 20.0. The van der Waals surface area contributed by atoms with Crippen LogP contribution in [0.3, 0.4) is 0 Å². The Morgan fingerprint density at radius 3 is 2.40 bits per heavy atom. The number of hydrogen-bond acceptors (Lipinski definition) is 3. The molecule has 0 unspecified atom stereocenters. The molecule has 0 aliphatic rings. The first-order valence-corrected chi connectivity index (χ1v) is 7.12. The molecule has 2 aromatic rings. The van der Waals surface area contributed by atoms with Crippen LogP contribution < -0.4 is 5.32 Å². The molecule has 1 N–H and O–H groups in total. The molecule has 0 saturated heterocycles. The molecule has 0 aliphatic carbocycles. The van der Waals surface area contributed by atoms with Gasteiger partial charge in [0.1, 0.15) is 10.8 Å². The van der Waals surface area contributed by atoms with Gasteiger partial charge in [-0.1, -0.05) is 39.7 Å². The monoisotopic (exact) mass is 353 g/mol. The Balaban J connectivity index is 2.17. The summed E-state index contributed by atoms with van der Waals surface area (Å²) in [5, 5.41) is 3.19. The van der Waals surface area contributed by atoms with Crippen molar-refractivity contribution >= 4 is 33.4 Å². The first-order chi connectivity index (χ1) is 9.38. The summed E-state index contributed by atoms with van der Waals surface area (Å²) >= 11 is 9.04. The summed E-state index contributed by atoms with van der Waals surface area (Å²) in [6.07, 6.45) is 2.71. The second-order valence-electron chi connectivity index (χ2n) is 4.81. The van der Waals surface area contributed by atoms with E-state index in [0.717, 1.165) is 10.0 Å². The van der Waals surface area contributed by atoms with Gasteiger partial charge in [0.05, 0.1) is 17.9 Å². The number of nitrogens with zero attached hydrogens (tertiary/aromatic N) is 2. The molecule has 104 valence electrons. The van der Waals surface area contributed by atoms with Gasteiger partial charge >= 0.3 is 0 Å². The molecule has 20 heavy (non-hydrogen) atoms. The lowest BCUT2D eigenvalue weighted by Gasteiger charge is -2.26. The molecule has 0 fully saturated rings. The number of carbonyl (C=O) groups is 1. The van der Waals surface area contributed by atoms with E-state index in [1.54, 1.807) is 0 Å². The SMILES string of the molecule is CC(C)(NC(=O)c1cnc(Cl)cn1)c1ccc(Br)cc1. The number of carbonyl (C=O) groups excluding carboxylic acids is 1. The van der Waals surface area contributed by atoms with Gasteiger partial charge in [0.25, 0.3) is 5.91 Å². The number of nitrogens with one attached hydrogen (secondary N) is 1. The number of benzene rings is 1. The van der Waals surface area contributed by atoms with Crippen LogP contribution in [0.5, 0.6) is 0 Å². The van der Waals surface area contributed by atoms with Gasteiger partial charge in [0.15, 0.2) is 0 Å². The molecule has 0 radical (unpaired) electrons. The summed E-state index contributed by atoms with van der Waals surface area (Å²) in [5.74, 6) is -0.290. The molecule has 1 amide bonds. The van der Waals surface area contributed by atoms with Crippen molar-refractivity contribution in [2.24, 2.45) is 0 Å². The summed E-state index contributed by atoms with van der Waals surface area (Å²) < 4.78 is 0.993. The van der Waals surface area contributed by atoms with Crippen molar-refractivity contribution in [3.8, 4) is 0 Å². The molecule has 6 heteroatoms. The fraction of sp³-hybridized carbons (Fsp3) is 0.214. The Hall–Kier alpha value is -1.46. The maximum Gasteiger partial charge on any atom is 0.272 e. The molecule has 0 atom stereocenters. The predicted octanol–water partition coefficient (Wildman–Crippen LogP) is 3.56. The minimum absolute atomic E-state index is 0.236. The number of aromatic nitrogens is 2. The van der Waals surface area contributed by atoms with E-state index in [1.807, 2.05) is 38.1 Å². The molecular formula is C14H13BrClN3O. The molecule has 1 aromatic heterocycles. The summed E-state index contributed by atoms with van der Waals surface area (Å²) in [6.45, 7) is 3.86. The van der Waals surface area contributed by atoms with Crippen molar-refractivity contribution < 1.29 is 4.79 Å². The molecule has 2 rings (SSSR count). The van der Waals surface area contributed by atoms with Gasteiger partial charge in [0.2, 0.25) is 0 Å². The summed E-state index contributed by atoms with van der Waals surface area (Å²) in [7, 11) is 0. The zero-order valence-electron chi connectivity index (χ0n) is 11.0. The normalized spacial score (nSPS) is 11.2. The highest BCUT2D eigenvalue weighted by Crippen LogP contribution is 2.22. The zero-order chi connectivity index (χ0) is 14.8. The third-order valence-corrected chi connectivity index (χ3v) is 3.57. The topological polar surface area (TPSA) is 54.9 Å². The van der Waals surface area contributed by atoms with Crippen LogP contribution in [0, 0.1) is 0 Å². The van der Waals surface area contributed by atoms with Gasteiger partial charge in [-0.3, -0.25) is 4.79 Å². The Labute approximate surface area is 130 Å². The summed E-state index contributed by atoms with van der Waals surface area (Å²) in [5.41, 5.74) is 0.717. The Morgan fingerprint density at radius 2 is 1.85 bits per heavy atom. The Bertz CT molecular complexity index is 611. The highest BCUT2D eigenvalue weighted by molar-refractivity contribution is 9.10. The van der Waals surface area contributed by atoms with Crippen LogP contribution in [0.1, 0.15) is 29.9 Å². The maximum atomic E-state index is 12.1. The van der Waals surface area contributed by atoms with Gasteiger partial charge in [-0.05, 0) is 31.5 Å². The molecule has 1 aromatic carbocycles. The van der Waals surface area contributed by atoms with Crippen molar-refractivity contribution in [1.82, 2.24) is 15.3 Å². The number of rotatable bonds is 3. The lowest BCUT2D eigenvalue weighted by Crippen LogP contribution is -2.41. The van der Waals surface area contributed by atoms with Crippen molar-refractivity contribution in [3.63, 3.8) is 0 Å². The third-order valence-electron chi connectivity index (χ3n) is 2.84. The number of hydrogen-bond donors (Lipinski definition) is 1. The Kier molecular flexibility index (Phi) is 4.40. The van der Waals surface area contributed by atoms with Crippen LogP contribution in [0.15, 0.2) is 41.1 Å². The van der Waals surface area contributed by atoms with Gasteiger partial charge in [-0.15, -0.1) is 0 Å². The molecule has 0 bridgehead atoms. The van der Waals surface area contributed by atoms with E-state index in [-0.39, 0.29) is 16.8 Å². The number of halogens is 2. The van der Waals surface area contributed by atoms with E-state index < -0.39 is 5.54 Å². The van der Waals surface area contributed by atoms with E-state index in [9.17, 15) is 4.79 Å². The lowest BCUT2D eigenvalue weighted by molar-refractivity contribution is 0.0906. The molecule has 1 heterocycles. The lowest BCUT2D eigenvalue weighted by atomic mass is 9.94. The summed E-state index contributed by atoms with van der Waals surface area (Å²) in [6, 6.07) is 7.78. The van der Waals surface area contributed by atoms with Gasteiger partial charge < -0.3 is 5.32 Å². The first kappa shape index (κ1) is 14.9. The smallest absolute Gasteiger partial charge is 0.272 e.